The lowest BCUT2D eigenvalue weighted by molar-refractivity contribution is -0.136. The van der Waals surface area contributed by atoms with Crippen LogP contribution < -0.4 is 0 Å². The Balaban J connectivity index is 0. The van der Waals surface area contributed by atoms with Crippen LogP contribution in [0, 0.1) is 0 Å². The number of carbonyl (C=O) groups is 1. The predicted octanol–water partition coefficient (Wildman–Crippen LogP) is 0.389. The van der Waals surface area contributed by atoms with E-state index >= 15 is 0 Å². The highest BCUT2D eigenvalue weighted by Crippen LogP contribution is 1.67. The Hall–Kier alpha value is -0.220. The summed E-state index contributed by atoms with van der Waals surface area (Å²) < 4.78 is 0. The maximum atomic E-state index is 9.37. The van der Waals surface area contributed by atoms with Crippen molar-refractivity contribution >= 4 is 18.6 Å². The minimum Gasteiger partial charge on any atom is -0.481 e. The molecule has 0 radical (unpaired) electrons. The smallest absolute Gasteiger partial charge is 0.303 e. The van der Waals surface area contributed by atoms with E-state index in [4.69, 9.17) is 10.2 Å². The summed E-state index contributed by atoms with van der Waals surface area (Å²) >= 11 is 3.67. The van der Waals surface area contributed by atoms with Crippen molar-refractivity contribution in [2.45, 2.75) is 13.3 Å². The van der Waals surface area contributed by atoms with Gasteiger partial charge in [0, 0.05) is 12.2 Å². The molecule has 0 saturated heterocycles. The van der Waals surface area contributed by atoms with Gasteiger partial charge in [0.25, 0.3) is 0 Å². The topological polar surface area (TPSA) is 57.5 Å². The molecule has 56 valence electrons. The zero-order chi connectivity index (χ0) is 7.70. The average Bonchev–Trinajstić information content (AvgIpc) is 1.89. The molecule has 0 aliphatic heterocycles. The highest BCUT2D eigenvalue weighted by atomic mass is 32.1. The van der Waals surface area contributed by atoms with Gasteiger partial charge in [-0.1, -0.05) is 6.92 Å². The highest BCUT2D eigenvalue weighted by molar-refractivity contribution is 7.80. The third kappa shape index (κ3) is 33.6. The Bertz CT molecular complexity index is 63.2. The van der Waals surface area contributed by atoms with E-state index in [0.29, 0.717) is 5.75 Å². The molecule has 0 aliphatic rings. The van der Waals surface area contributed by atoms with Crippen molar-refractivity contribution in [2.75, 3.05) is 12.4 Å². The molecular formula is C5H12O3S. The fourth-order valence-electron chi connectivity index (χ4n) is 0. The molecule has 0 amide bonds. The van der Waals surface area contributed by atoms with Gasteiger partial charge in [-0.05, 0) is 0 Å². The second-order valence-electron chi connectivity index (χ2n) is 1.19. The SMILES string of the molecule is CCC(=O)O.OCCS. The van der Waals surface area contributed by atoms with Crippen molar-refractivity contribution in [3.05, 3.63) is 0 Å². The highest BCUT2D eigenvalue weighted by Gasteiger charge is 1.80. The van der Waals surface area contributed by atoms with Crippen LogP contribution in [0.5, 0.6) is 0 Å². The van der Waals surface area contributed by atoms with Gasteiger partial charge in [-0.3, -0.25) is 4.79 Å². The Labute approximate surface area is 60.1 Å². The van der Waals surface area contributed by atoms with Gasteiger partial charge in [-0.2, -0.15) is 12.6 Å². The van der Waals surface area contributed by atoms with Crippen LogP contribution in [0.1, 0.15) is 13.3 Å². The Morgan fingerprint density at radius 2 is 1.89 bits per heavy atom. The number of rotatable bonds is 2. The molecule has 0 unspecified atom stereocenters. The number of aliphatic carboxylic acids is 1. The van der Waals surface area contributed by atoms with E-state index in [1.54, 1.807) is 6.92 Å². The van der Waals surface area contributed by atoms with E-state index in [1.165, 1.54) is 0 Å². The average molecular weight is 152 g/mol. The number of thiol groups is 1. The van der Waals surface area contributed by atoms with Crippen LogP contribution in [0.15, 0.2) is 0 Å². The summed E-state index contributed by atoms with van der Waals surface area (Å²) in [6, 6.07) is 0. The van der Waals surface area contributed by atoms with E-state index in [0.717, 1.165) is 0 Å². The first kappa shape index (κ1) is 11.6. The molecule has 0 aromatic carbocycles. The van der Waals surface area contributed by atoms with Crippen LogP contribution in [0.2, 0.25) is 0 Å². The van der Waals surface area contributed by atoms with Gasteiger partial charge in [0.1, 0.15) is 0 Å². The molecule has 0 aromatic heterocycles. The fourth-order valence-corrected chi connectivity index (χ4v) is 0. The lowest BCUT2D eigenvalue weighted by Crippen LogP contribution is -1.86. The maximum absolute atomic E-state index is 9.37. The third-order valence-electron chi connectivity index (χ3n) is 0.402. The zero-order valence-corrected chi connectivity index (χ0v) is 6.27. The first-order valence-electron chi connectivity index (χ1n) is 2.62. The monoisotopic (exact) mass is 152 g/mol. The molecule has 4 heteroatoms. The Morgan fingerprint density at radius 1 is 1.67 bits per heavy atom. The summed E-state index contributed by atoms with van der Waals surface area (Å²) in [5.74, 6) is -0.176. The summed E-state index contributed by atoms with van der Waals surface area (Å²) in [5.41, 5.74) is 0. The molecule has 0 atom stereocenters. The first-order chi connectivity index (χ1) is 4.18. The molecule has 0 bridgehead atoms. The van der Waals surface area contributed by atoms with Gasteiger partial charge in [0.05, 0.1) is 6.61 Å². The van der Waals surface area contributed by atoms with Crippen molar-refractivity contribution in [2.24, 2.45) is 0 Å². The van der Waals surface area contributed by atoms with Crippen molar-refractivity contribution < 1.29 is 15.0 Å². The Morgan fingerprint density at radius 3 is 1.89 bits per heavy atom. The van der Waals surface area contributed by atoms with Crippen LogP contribution in [0.3, 0.4) is 0 Å². The van der Waals surface area contributed by atoms with Crippen LogP contribution in [0.4, 0.5) is 0 Å². The van der Waals surface area contributed by atoms with Crippen LogP contribution in [-0.2, 0) is 4.79 Å². The maximum Gasteiger partial charge on any atom is 0.303 e. The summed E-state index contributed by atoms with van der Waals surface area (Å²) in [4.78, 5) is 9.37. The van der Waals surface area contributed by atoms with Gasteiger partial charge in [0.15, 0.2) is 0 Å². The molecule has 0 spiro atoms. The summed E-state index contributed by atoms with van der Waals surface area (Å²) in [6.07, 6.45) is 0.222. The molecule has 0 saturated carbocycles. The minimum absolute atomic E-state index is 0.184. The normalized spacial score (nSPS) is 7.44. The van der Waals surface area contributed by atoms with Crippen molar-refractivity contribution in [1.82, 2.24) is 0 Å². The van der Waals surface area contributed by atoms with Crippen LogP contribution >= 0.6 is 12.6 Å². The third-order valence-corrected chi connectivity index (χ3v) is 0.602. The summed E-state index contributed by atoms with van der Waals surface area (Å²) in [7, 11) is 0. The zero-order valence-electron chi connectivity index (χ0n) is 5.37. The second kappa shape index (κ2) is 10.7. The van der Waals surface area contributed by atoms with E-state index in [-0.39, 0.29) is 13.0 Å². The largest absolute Gasteiger partial charge is 0.481 e. The van der Waals surface area contributed by atoms with E-state index in [9.17, 15) is 4.79 Å². The molecule has 0 aliphatic carbocycles. The lowest BCUT2D eigenvalue weighted by atomic mass is 10.5. The number of carboxylic acid groups (broad SMARTS) is 1. The second-order valence-corrected chi connectivity index (χ2v) is 1.64. The molecule has 2 N–H and O–H groups in total. The number of aliphatic hydroxyl groups excluding tert-OH is 1. The molecule has 0 rings (SSSR count). The molecule has 9 heavy (non-hydrogen) atoms. The quantitative estimate of drug-likeness (QED) is 0.502. The van der Waals surface area contributed by atoms with Gasteiger partial charge in [0.2, 0.25) is 0 Å². The summed E-state index contributed by atoms with van der Waals surface area (Å²) in [5, 5.41) is 15.5. The van der Waals surface area contributed by atoms with Crippen molar-refractivity contribution in [3.63, 3.8) is 0 Å². The van der Waals surface area contributed by atoms with Gasteiger partial charge in [-0.25, -0.2) is 0 Å². The minimum atomic E-state index is -0.745. The number of carboxylic acids is 1. The number of hydrogen-bond acceptors (Lipinski definition) is 3. The van der Waals surface area contributed by atoms with Crippen molar-refractivity contribution in [1.29, 1.82) is 0 Å². The standard InChI is InChI=1S/C3H6O2.C2H6OS/c1-2-3(4)5;3-1-2-4/h2H2,1H3,(H,4,5);3-4H,1-2H2. The van der Waals surface area contributed by atoms with Crippen molar-refractivity contribution in [3.8, 4) is 0 Å². The number of hydrogen-bond donors (Lipinski definition) is 3. The van der Waals surface area contributed by atoms with E-state index in [1.807, 2.05) is 0 Å². The summed E-state index contributed by atoms with van der Waals surface area (Å²) in [6.45, 7) is 1.78. The molecular weight excluding hydrogens is 140 g/mol. The molecule has 0 heterocycles. The number of aliphatic hydroxyl groups is 1. The molecule has 0 aromatic rings. The predicted molar refractivity (Wildman–Crippen MR) is 38.9 cm³/mol. The lowest BCUT2D eigenvalue weighted by Gasteiger charge is -1.71. The first-order valence-corrected chi connectivity index (χ1v) is 3.25. The Kier molecular flexibility index (Phi) is 13.8. The van der Waals surface area contributed by atoms with E-state index in [2.05, 4.69) is 12.6 Å². The fraction of sp³-hybridized carbons (Fsp3) is 0.800. The molecule has 3 nitrogen and oxygen atoms in total. The van der Waals surface area contributed by atoms with Gasteiger partial charge >= 0.3 is 5.97 Å². The van der Waals surface area contributed by atoms with Gasteiger partial charge in [-0.15, -0.1) is 0 Å². The van der Waals surface area contributed by atoms with Gasteiger partial charge < -0.3 is 10.2 Å². The van der Waals surface area contributed by atoms with E-state index < -0.39 is 5.97 Å². The molecule has 0 fully saturated rings. The van der Waals surface area contributed by atoms with Crippen LogP contribution in [0.25, 0.3) is 0 Å². The van der Waals surface area contributed by atoms with Crippen LogP contribution in [-0.4, -0.2) is 28.5 Å².